The molecule has 1 aliphatic rings. The zero-order valence-electron chi connectivity index (χ0n) is 15.9. The topological polar surface area (TPSA) is 91.4 Å². The van der Waals surface area contributed by atoms with Gasteiger partial charge in [0.2, 0.25) is 10.0 Å². The maximum atomic E-state index is 11.7. The van der Waals surface area contributed by atoms with Crippen molar-refractivity contribution in [2.45, 2.75) is 6.92 Å². The van der Waals surface area contributed by atoms with Crippen LogP contribution >= 0.6 is 0 Å². The SMILES string of the molecule is CCOc1ccc2[nH]nc(-c3ccnc(N4CCN(S(C)(=O)=O)CC4)c3)c2c1. The number of anilines is 1. The lowest BCUT2D eigenvalue weighted by atomic mass is 10.1. The summed E-state index contributed by atoms with van der Waals surface area (Å²) >= 11 is 0. The molecule has 0 aliphatic carbocycles. The molecule has 1 saturated heterocycles. The molecule has 3 heterocycles. The number of ether oxygens (including phenoxy) is 1. The van der Waals surface area contributed by atoms with Crippen molar-refractivity contribution in [1.82, 2.24) is 19.5 Å². The quantitative estimate of drug-likeness (QED) is 0.704. The third-order valence-electron chi connectivity index (χ3n) is 4.90. The standard InChI is InChI=1S/C19H23N5O3S/c1-3-27-15-4-5-17-16(13-15)19(22-21-17)14-6-7-20-18(12-14)23-8-10-24(11-9-23)28(2,25)26/h4-7,12-13H,3,8-11H2,1-2H3,(H,21,22). The average molecular weight is 401 g/mol. The lowest BCUT2D eigenvalue weighted by Gasteiger charge is -2.34. The van der Waals surface area contributed by atoms with Gasteiger partial charge in [0.25, 0.3) is 0 Å². The summed E-state index contributed by atoms with van der Waals surface area (Å²) < 4.78 is 30.5. The molecule has 148 valence electrons. The van der Waals surface area contributed by atoms with Gasteiger partial charge in [0.05, 0.1) is 18.4 Å². The average Bonchev–Trinajstić information content (AvgIpc) is 3.11. The molecule has 0 bridgehead atoms. The molecule has 0 atom stereocenters. The van der Waals surface area contributed by atoms with Crippen LogP contribution in [0.5, 0.6) is 5.75 Å². The number of aromatic amines is 1. The van der Waals surface area contributed by atoms with Gasteiger partial charge in [-0.15, -0.1) is 0 Å². The number of fused-ring (bicyclic) bond motifs is 1. The number of aromatic nitrogens is 3. The van der Waals surface area contributed by atoms with Crippen LogP contribution in [0.25, 0.3) is 22.2 Å². The summed E-state index contributed by atoms with van der Waals surface area (Å²) in [6, 6.07) is 9.80. The highest BCUT2D eigenvalue weighted by molar-refractivity contribution is 7.88. The molecule has 9 heteroatoms. The maximum Gasteiger partial charge on any atom is 0.211 e. The van der Waals surface area contributed by atoms with Crippen molar-refractivity contribution in [3.05, 3.63) is 36.5 Å². The Hall–Kier alpha value is -2.65. The van der Waals surface area contributed by atoms with Gasteiger partial charge < -0.3 is 9.64 Å². The summed E-state index contributed by atoms with van der Waals surface area (Å²) in [6.07, 6.45) is 3.02. The Labute approximate surface area is 164 Å². The molecule has 0 saturated carbocycles. The van der Waals surface area contributed by atoms with Crippen LogP contribution in [-0.4, -0.2) is 66.9 Å². The van der Waals surface area contributed by atoms with Crippen molar-refractivity contribution in [1.29, 1.82) is 0 Å². The zero-order valence-corrected chi connectivity index (χ0v) is 16.7. The van der Waals surface area contributed by atoms with Gasteiger partial charge in [0, 0.05) is 43.3 Å². The highest BCUT2D eigenvalue weighted by atomic mass is 32.2. The molecule has 0 spiro atoms. The first-order chi connectivity index (χ1) is 13.5. The molecule has 28 heavy (non-hydrogen) atoms. The van der Waals surface area contributed by atoms with Crippen molar-refractivity contribution in [3.8, 4) is 17.0 Å². The third kappa shape index (κ3) is 3.67. The van der Waals surface area contributed by atoms with Gasteiger partial charge in [0.15, 0.2) is 0 Å². The summed E-state index contributed by atoms with van der Waals surface area (Å²) in [5.74, 6) is 1.63. The van der Waals surface area contributed by atoms with Crippen LogP contribution in [0, 0.1) is 0 Å². The number of rotatable bonds is 5. The first-order valence-electron chi connectivity index (χ1n) is 9.23. The fourth-order valence-corrected chi connectivity index (χ4v) is 4.28. The number of pyridine rings is 1. The first-order valence-corrected chi connectivity index (χ1v) is 11.1. The number of sulfonamides is 1. The molecule has 0 unspecified atom stereocenters. The van der Waals surface area contributed by atoms with Crippen LogP contribution in [0.2, 0.25) is 0 Å². The molecule has 1 fully saturated rings. The second kappa shape index (κ2) is 7.40. The van der Waals surface area contributed by atoms with E-state index in [1.165, 1.54) is 10.6 Å². The summed E-state index contributed by atoms with van der Waals surface area (Å²) in [7, 11) is -3.15. The molecule has 1 aliphatic heterocycles. The van der Waals surface area contributed by atoms with E-state index in [9.17, 15) is 8.42 Å². The molecule has 1 aromatic carbocycles. The van der Waals surface area contributed by atoms with E-state index in [4.69, 9.17) is 4.74 Å². The van der Waals surface area contributed by atoms with Crippen molar-refractivity contribution in [2.75, 3.05) is 43.9 Å². The van der Waals surface area contributed by atoms with Gasteiger partial charge in [0.1, 0.15) is 17.3 Å². The zero-order chi connectivity index (χ0) is 19.7. The third-order valence-corrected chi connectivity index (χ3v) is 6.20. The second-order valence-electron chi connectivity index (χ2n) is 6.76. The normalized spacial score (nSPS) is 15.9. The van der Waals surface area contributed by atoms with E-state index in [0.717, 1.165) is 33.7 Å². The van der Waals surface area contributed by atoms with Gasteiger partial charge in [-0.2, -0.15) is 9.40 Å². The Morgan fingerprint density at radius 2 is 1.93 bits per heavy atom. The molecule has 2 aromatic heterocycles. The lowest BCUT2D eigenvalue weighted by Crippen LogP contribution is -2.48. The predicted molar refractivity (Wildman–Crippen MR) is 109 cm³/mol. The van der Waals surface area contributed by atoms with E-state index in [0.29, 0.717) is 32.8 Å². The summed E-state index contributed by atoms with van der Waals surface area (Å²) in [5, 5.41) is 8.54. The molecule has 8 nitrogen and oxygen atoms in total. The highest BCUT2D eigenvalue weighted by Gasteiger charge is 2.24. The minimum Gasteiger partial charge on any atom is -0.494 e. The van der Waals surface area contributed by atoms with Gasteiger partial charge in [-0.25, -0.2) is 13.4 Å². The predicted octanol–water partition coefficient (Wildman–Crippen LogP) is 2.11. The molecule has 4 rings (SSSR count). The van der Waals surface area contributed by atoms with Crippen LogP contribution in [0.3, 0.4) is 0 Å². The van der Waals surface area contributed by atoms with Gasteiger partial charge in [-0.05, 0) is 37.3 Å². The van der Waals surface area contributed by atoms with E-state index >= 15 is 0 Å². The number of hydrogen-bond acceptors (Lipinski definition) is 6. The summed E-state index contributed by atoms with van der Waals surface area (Å²) in [6.45, 7) is 4.72. The van der Waals surface area contributed by atoms with Gasteiger partial charge in [-0.1, -0.05) is 0 Å². The smallest absolute Gasteiger partial charge is 0.211 e. The molecular formula is C19H23N5O3S. The number of hydrogen-bond donors (Lipinski definition) is 1. The van der Waals surface area contributed by atoms with E-state index < -0.39 is 10.0 Å². The van der Waals surface area contributed by atoms with Crippen LogP contribution in [0.4, 0.5) is 5.82 Å². The monoisotopic (exact) mass is 401 g/mol. The number of nitrogens with zero attached hydrogens (tertiary/aromatic N) is 4. The van der Waals surface area contributed by atoms with E-state index in [-0.39, 0.29) is 0 Å². The Bertz CT molecular complexity index is 1090. The van der Waals surface area contributed by atoms with E-state index in [1.54, 1.807) is 6.20 Å². The highest BCUT2D eigenvalue weighted by Crippen LogP contribution is 2.30. The van der Waals surface area contributed by atoms with Crippen LogP contribution < -0.4 is 9.64 Å². The lowest BCUT2D eigenvalue weighted by molar-refractivity contribution is 0.341. The summed E-state index contributed by atoms with van der Waals surface area (Å²) in [5.41, 5.74) is 2.74. The molecule has 1 N–H and O–H groups in total. The molecule has 0 radical (unpaired) electrons. The number of piperazine rings is 1. The van der Waals surface area contributed by atoms with Crippen molar-refractivity contribution >= 4 is 26.7 Å². The Morgan fingerprint density at radius 3 is 2.64 bits per heavy atom. The van der Waals surface area contributed by atoms with Crippen LogP contribution in [-0.2, 0) is 10.0 Å². The van der Waals surface area contributed by atoms with E-state index in [2.05, 4.69) is 20.1 Å². The Balaban J connectivity index is 1.61. The van der Waals surface area contributed by atoms with Crippen molar-refractivity contribution in [2.24, 2.45) is 0 Å². The largest absolute Gasteiger partial charge is 0.494 e. The second-order valence-corrected chi connectivity index (χ2v) is 8.75. The number of H-pyrrole nitrogens is 1. The molecular weight excluding hydrogens is 378 g/mol. The van der Waals surface area contributed by atoms with Gasteiger partial charge >= 0.3 is 0 Å². The van der Waals surface area contributed by atoms with Gasteiger partial charge in [-0.3, -0.25) is 5.10 Å². The first kappa shape index (κ1) is 18.7. The Kier molecular flexibility index (Phi) is 4.94. The fraction of sp³-hybridized carbons (Fsp3) is 0.368. The van der Waals surface area contributed by atoms with Crippen molar-refractivity contribution in [3.63, 3.8) is 0 Å². The van der Waals surface area contributed by atoms with Crippen LogP contribution in [0.15, 0.2) is 36.5 Å². The molecule has 0 amide bonds. The molecule has 3 aromatic rings. The fourth-order valence-electron chi connectivity index (χ4n) is 3.46. The van der Waals surface area contributed by atoms with Crippen molar-refractivity contribution < 1.29 is 13.2 Å². The Morgan fingerprint density at radius 1 is 1.14 bits per heavy atom. The number of nitrogens with one attached hydrogen (secondary N) is 1. The van der Waals surface area contributed by atoms with E-state index in [1.807, 2.05) is 37.3 Å². The summed E-state index contributed by atoms with van der Waals surface area (Å²) in [4.78, 5) is 6.59. The maximum absolute atomic E-state index is 11.7. The van der Waals surface area contributed by atoms with Crippen LogP contribution in [0.1, 0.15) is 6.92 Å². The number of benzene rings is 1. The minimum atomic E-state index is -3.15. The minimum absolute atomic E-state index is 0.466.